The van der Waals surface area contributed by atoms with Gasteiger partial charge < -0.3 is 10.2 Å². The summed E-state index contributed by atoms with van der Waals surface area (Å²) in [5.74, 6) is 1.84. The summed E-state index contributed by atoms with van der Waals surface area (Å²) in [6, 6.07) is 0.659. The van der Waals surface area contributed by atoms with Crippen molar-refractivity contribution in [2.75, 3.05) is 24.5 Å². The highest BCUT2D eigenvalue weighted by Crippen LogP contribution is 2.27. The van der Waals surface area contributed by atoms with Gasteiger partial charge in [0.25, 0.3) is 0 Å². The van der Waals surface area contributed by atoms with E-state index in [-0.39, 0.29) is 0 Å². The zero-order valence-electron chi connectivity index (χ0n) is 10.6. The molecule has 3 rings (SSSR count). The van der Waals surface area contributed by atoms with Gasteiger partial charge in [0, 0.05) is 19.1 Å². The minimum Gasteiger partial charge on any atom is -0.353 e. The van der Waals surface area contributed by atoms with Crippen LogP contribution in [0.25, 0.3) is 0 Å². The molecule has 17 heavy (non-hydrogen) atoms. The Morgan fingerprint density at radius 3 is 2.94 bits per heavy atom. The molecule has 0 saturated carbocycles. The van der Waals surface area contributed by atoms with E-state index < -0.39 is 0 Å². The Morgan fingerprint density at radius 2 is 2.18 bits per heavy atom. The second-order valence-electron chi connectivity index (χ2n) is 5.27. The van der Waals surface area contributed by atoms with E-state index in [4.69, 9.17) is 0 Å². The number of fused-ring (bicyclic) bond motifs is 1. The van der Waals surface area contributed by atoms with Crippen molar-refractivity contribution >= 4 is 5.82 Å². The van der Waals surface area contributed by atoms with Gasteiger partial charge in [0.15, 0.2) is 0 Å². The van der Waals surface area contributed by atoms with Crippen LogP contribution in [0.5, 0.6) is 0 Å². The fourth-order valence-electron chi connectivity index (χ4n) is 2.92. The molecule has 2 unspecified atom stereocenters. The van der Waals surface area contributed by atoms with Gasteiger partial charge in [-0.1, -0.05) is 0 Å². The maximum absolute atomic E-state index is 4.65. The van der Waals surface area contributed by atoms with E-state index in [1.54, 1.807) is 0 Å². The molecular formula is C13H20N4. The molecule has 2 saturated heterocycles. The van der Waals surface area contributed by atoms with E-state index in [1.807, 2.05) is 20.0 Å². The first-order valence-corrected chi connectivity index (χ1v) is 6.52. The Hall–Kier alpha value is -1.16. The van der Waals surface area contributed by atoms with Crippen LogP contribution in [0.1, 0.15) is 24.2 Å². The summed E-state index contributed by atoms with van der Waals surface area (Å²) in [4.78, 5) is 11.4. The monoisotopic (exact) mass is 232 g/mol. The second kappa shape index (κ2) is 4.26. The molecule has 0 bridgehead atoms. The Bertz CT molecular complexity index is 404. The summed E-state index contributed by atoms with van der Waals surface area (Å²) in [5.41, 5.74) is 2.08. The third-order valence-corrected chi connectivity index (χ3v) is 4.10. The van der Waals surface area contributed by atoms with Crippen molar-refractivity contribution in [1.82, 2.24) is 15.3 Å². The Morgan fingerprint density at radius 1 is 1.29 bits per heavy atom. The highest BCUT2D eigenvalue weighted by Gasteiger charge is 2.34. The normalized spacial score (nSPS) is 28.2. The minimum absolute atomic E-state index is 0.659. The first-order valence-electron chi connectivity index (χ1n) is 6.52. The predicted octanol–water partition coefficient (Wildman–Crippen LogP) is 1.28. The minimum atomic E-state index is 0.659. The van der Waals surface area contributed by atoms with Crippen molar-refractivity contribution in [3.63, 3.8) is 0 Å². The molecular weight excluding hydrogens is 212 g/mol. The van der Waals surface area contributed by atoms with E-state index in [0.29, 0.717) is 6.04 Å². The molecule has 2 aliphatic rings. The molecule has 4 nitrogen and oxygen atoms in total. The summed E-state index contributed by atoms with van der Waals surface area (Å²) in [7, 11) is 0. The topological polar surface area (TPSA) is 41.1 Å². The van der Waals surface area contributed by atoms with E-state index in [0.717, 1.165) is 36.2 Å². The maximum Gasteiger partial charge on any atom is 0.147 e. The van der Waals surface area contributed by atoms with Crippen LogP contribution in [0, 0.1) is 19.8 Å². The quantitative estimate of drug-likeness (QED) is 0.792. The van der Waals surface area contributed by atoms with E-state index in [1.165, 1.54) is 19.4 Å². The van der Waals surface area contributed by atoms with Crippen LogP contribution < -0.4 is 10.2 Å². The third-order valence-electron chi connectivity index (χ3n) is 4.10. The standard InChI is InChI=1S/C13H20N4/c1-9-10(2)16-13(6-15-9)17-7-11-4-3-5-14-12(11)8-17/h6,11-12,14H,3-5,7-8H2,1-2H3. The molecule has 0 aliphatic carbocycles. The van der Waals surface area contributed by atoms with Gasteiger partial charge in [-0.25, -0.2) is 4.98 Å². The predicted molar refractivity (Wildman–Crippen MR) is 68.2 cm³/mol. The van der Waals surface area contributed by atoms with Crippen molar-refractivity contribution < 1.29 is 0 Å². The number of hydrogen-bond donors (Lipinski definition) is 1. The molecule has 1 N–H and O–H groups in total. The lowest BCUT2D eigenvalue weighted by Gasteiger charge is -2.24. The summed E-state index contributed by atoms with van der Waals surface area (Å²) < 4.78 is 0. The van der Waals surface area contributed by atoms with Gasteiger partial charge in [-0.3, -0.25) is 4.98 Å². The molecule has 0 aromatic carbocycles. The van der Waals surface area contributed by atoms with Gasteiger partial charge in [-0.2, -0.15) is 0 Å². The smallest absolute Gasteiger partial charge is 0.147 e. The average Bonchev–Trinajstić information content (AvgIpc) is 2.76. The van der Waals surface area contributed by atoms with Crippen LogP contribution >= 0.6 is 0 Å². The van der Waals surface area contributed by atoms with Gasteiger partial charge in [0.1, 0.15) is 5.82 Å². The number of anilines is 1. The number of aromatic nitrogens is 2. The summed E-state index contributed by atoms with van der Waals surface area (Å²) in [5, 5.41) is 3.62. The second-order valence-corrected chi connectivity index (χ2v) is 5.27. The van der Waals surface area contributed by atoms with E-state index in [9.17, 15) is 0 Å². The van der Waals surface area contributed by atoms with E-state index in [2.05, 4.69) is 20.2 Å². The number of nitrogens with zero attached hydrogens (tertiary/aromatic N) is 3. The van der Waals surface area contributed by atoms with Gasteiger partial charge in [0.2, 0.25) is 0 Å². The number of hydrogen-bond acceptors (Lipinski definition) is 4. The van der Waals surface area contributed by atoms with E-state index >= 15 is 0 Å². The van der Waals surface area contributed by atoms with Crippen LogP contribution in [-0.2, 0) is 0 Å². The number of piperidine rings is 1. The lowest BCUT2D eigenvalue weighted by Crippen LogP contribution is -2.40. The van der Waals surface area contributed by atoms with Crippen LogP contribution in [0.3, 0.4) is 0 Å². The lowest BCUT2D eigenvalue weighted by molar-refractivity contribution is 0.340. The first kappa shape index (κ1) is 11.0. The van der Waals surface area contributed by atoms with Crippen LogP contribution in [0.15, 0.2) is 6.20 Å². The van der Waals surface area contributed by atoms with Crippen molar-refractivity contribution in [3.05, 3.63) is 17.6 Å². The molecule has 0 spiro atoms. The fourth-order valence-corrected chi connectivity index (χ4v) is 2.92. The largest absolute Gasteiger partial charge is 0.353 e. The van der Waals surface area contributed by atoms with Crippen LogP contribution in [0.2, 0.25) is 0 Å². The molecule has 0 radical (unpaired) electrons. The molecule has 3 heterocycles. The van der Waals surface area contributed by atoms with Gasteiger partial charge in [-0.15, -0.1) is 0 Å². The summed E-state index contributed by atoms with van der Waals surface area (Å²) in [6.07, 6.45) is 4.58. The number of rotatable bonds is 1. The molecule has 1 aromatic heterocycles. The Kier molecular flexibility index (Phi) is 2.74. The van der Waals surface area contributed by atoms with Gasteiger partial charge in [0.05, 0.1) is 17.6 Å². The third kappa shape index (κ3) is 2.02. The molecule has 4 heteroatoms. The molecule has 2 fully saturated rings. The van der Waals surface area contributed by atoms with Crippen molar-refractivity contribution in [3.8, 4) is 0 Å². The highest BCUT2D eigenvalue weighted by atomic mass is 15.2. The molecule has 92 valence electrons. The zero-order valence-corrected chi connectivity index (χ0v) is 10.6. The van der Waals surface area contributed by atoms with Crippen LogP contribution in [0.4, 0.5) is 5.82 Å². The molecule has 2 aliphatic heterocycles. The number of nitrogens with one attached hydrogen (secondary N) is 1. The summed E-state index contributed by atoms with van der Waals surface area (Å²) in [6.45, 7) is 7.44. The Labute approximate surface area is 102 Å². The van der Waals surface area contributed by atoms with Crippen molar-refractivity contribution in [2.24, 2.45) is 5.92 Å². The molecule has 2 atom stereocenters. The average molecular weight is 232 g/mol. The first-order chi connectivity index (χ1) is 8.24. The summed E-state index contributed by atoms with van der Waals surface area (Å²) >= 11 is 0. The zero-order chi connectivity index (χ0) is 11.8. The SMILES string of the molecule is Cc1ncc(N2CC3CCCNC3C2)nc1C. The molecule has 0 amide bonds. The van der Waals surface area contributed by atoms with Gasteiger partial charge >= 0.3 is 0 Å². The van der Waals surface area contributed by atoms with Crippen molar-refractivity contribution in [2.45, 2.75) is 32.7 Å². The molecule has 1 aromatic rings. The lowest BCUT2D eigenvalue weighted by atomic mass is 9.94. The highest BCUT2D eigenvalue weighted by molar-refractivity contribution is 5.40. The number of aryl methyl sites for hydroxylation is 2. The van der Waals surface area contributed by atoms with Gasteiger partial charge in [-0.05, 0) is 39.2 Å². The van der Waals surface area contributed by atoms with Crippen molar-refractivity contribution in [1.29, 1.82) is 0 Å². The maximum atomic E-state index is 4.65. The fraction of sp³-hybridized carbons (Fsp3) is 0.692. The van der Waals surface area contributed by atoms with Crippen LogP contribution in [-0.4, -0.2) is 35.6 Å². The Balaban J connectivity index is 1.79.